The van der Waals surface area contributed by atoms with Crippen LogP contribution in [0.3, 0.4) is 0 Å². The monoisotopic (exact) mass is 555 g/mol. The predicted molar refractivity (Wildman–Crippen MR) is 139 cm³/mol. The third kappa shape index (κ3) is 5.50. The zero-order valence-electron chi connectivity index (χ0n) is 19.5. The fraction of sp³-hybridized carbons (Fsp3) is 0.222. The Morgan fingerprint density at radius 3 is 2.46 bits per heavy atom. The molecule has 1 aromatic heterocycles. The van der Waals surface area contributed by atoms with Crippen LogP contribution in [-0.2, 0) is 27.7 Å². The van der Waals surface area contributed by atoms with E-state index in [9.17, 15) is 13.2 Å². The Hall–Kier alpha value is -2.94. The van der Waals surface area contributed by atoms with Crippen molar-refractivity contribution >= 4 is 42.9 Å². The first-order chi connectivity index (χ1) is 16.8. The van der Waals surface area contributed by atoms with Gasteiger partial charge < -0.3 is 9.15 Å². The number of sulfonamides is 1. The number of esters is 1. The standard InChI is InChI=1S/C27H26BrNO5S/c1-3-33-27(30)26-19(2)23-17-22(13-14-25(23)34-26)35(31,32)29(16-15-20-9-5-4-6-10-20)18-21-11-7-8-12-24(21)28/h4-14,17H,3,15-16,18H2,1-2H3. The topological polar surface area (TPSA) is 76.8 Å². The number of carbonyl (C=O) groups is 1. The van der Waals surface area contributed by atoms with Crippen LogP contribution in [0.1, 0.15) is 34.2 Å². The van der Waals surface area contributed by atoms with Crippen LogP contribution >= 0.6 is 15.9 Å². The number of fused-ring (bicyclic) bond motifs is 1. The quantitative estimate of drug-likeness (QED) is 0.233. The second-order valence-electron chi connectivity index (χ2n) is 8.10. The lowest BCUT2D eigenvalue weighted by Gasteiger charge is -2.23. The number of ether oxygens (including phenoxy) is 1. The minimum Gasteiger partial charge on any atom is -0.460 e. The van der Waals surface area contributed by atoms with Gasteiger partial charge in [-0.25, -0.2) is 13.2 Å². The van der Waals surface area contributed by atoms with E-state index in [2.05, 4.69) is 15.9 Å². The molecule has 35 heavy (non-hydrogen) atoms. The largest absolute Gasteiger partial charge is 0.460 e. The number of halogens is 1. The second kappa shape index (κ2) is 10.8. The summed E-state index contributed by atoms with van der Waals surface area (Å²) in [5.74, 6) is -0.477. The Kier molecular flexibility index (Phi) is 7.74. The van der Waals surface area contributed by atoms with Gasteiger partial charge >= 0.3 is 5.97 Å². The summed E-state index contributed by atoms with van der Waals surface area (Å²) in [5, 5.41) is 0.568. The molecule has 8 heteroatoms. The minimum absolute atomic E-state index is 0.0885. The van der Waals surface area contributed by atoms with Crippen molar-refractivity contribution in [3.8, 4) is 0 Å². The summed E-state index contributed by atoms with van der Waals surface area (Å²) < 4.78 is 40.8. The summed E-state index contributed by atoms with van der Waals surface area (Å²) in [6.45, 7) is 4.19. The third-order valence-electron chi connectivity index (χ3n) is 5.80. The van der Waals surface area contributed by atoms with Crippen molar-refractivity contribution in [1.29, 1.82) is 0 Å². The average Bonchev–Trinajstić information content (AvgIpc) is 3.19. The van der Waals surface area contributed by atoms with Crippen LogP contribution in [0.4, 0.5) is 0 Å². The molecule has 0 aliphatic carbocycles. The lowest BCUT2D eigenvalue weighted by Crippen LogP contribution is -2.32. The molecule has 0 aliphatic rings. The summed E-state index contributed by atoms with van der Waals surface area (Å²) in [4.78, 5) is 12.4. The molecule has 0 fully saturated rings. The lowest BCUT2D eigenvalue weighted by molar-refractivity contribution is 0.0491. The van der Waals surface area contributed by atoms with Gasteiger partial charge in [-0.3, -0.25) is 0 Å². The zero-order valence-corrected chi connectivity index (χ0v) is 21.9. The van der Waals surface area contributed by atoms with E-state index >= 15 is 0 Å². The van der Waals surface area contributed by atoms with Crippen LogP contribution in [-0.4, -0.2) is 31.8 Å². The number of hydrogen-bond acceptors (Lipinski definition) is 5. The molecule has 6 nitrogen and oxygen atoms in total. The molecule has 0 saturated carbocycles. The first-order valence-electron chi connectivity index (χ1n) is 11.3. The van der Waals surface area contributed by atoms with E-state index in [4.69, 9.17) is 9.15 Å². The van der Waals surface area contributed by atoms with Gasteiger partial charge in [0.25, 0.3) is 0 Å². The molecule has 0 amide bonds. The summed E-state index contributed by atoms with van der Waals surface area (Å²) in [6, 6.07) is 22.1. The van der Waals surface area contributed by atoms with Gasteiger partial charge in [-0.2, -0.15) is 4.31 Å². The van der Waals surface area contributed by atoms with Gasteiger partial charge in [0.2, 0.25) is 15.8 Å². The number of benzene rings is 3. The van der Waals surface area contributed by atoms with Gasteiger partial charge in [0, 0.05) is 28.5 Å². The third-order valence-corrected chi connectivity index (χ3v) is 8.42. The van der Waals surface area contributed by atoms with E-state index in [1.165, 1.54) is 10.4 Å². The number of furan rings is 1. The number of carbonyl (C=O) groups excluding carboxylic acids is 1. The molecule has 4 rings (SSSR count). The number of hydrogen-bond donors (Lipinski definition) is 0. The van der Waals surface area contributed by atoms with Crippen LogP contribution < -0.4 is 0 Å². The normalized spacial score (nSPS) is 11.8. The minimum atomic E-state index is -3.86. The fourth-order valence-corrected chi connectivity index (χ4v) is 5.76. The van der Waals surface area contributed by atoms with Crippen LogP contribution in [0.2, 0.25) is 0 Å². The van der Waals surface area contributed by atoms with Crippen molar-refractivity contribution in [2.75, 3.05) is 13.2 Å². The SMILES string of the molecule is CCOC(=O)c1oc2ccc(S(=O)(=O)N(CCc3ccccc3)Cc3ccccc3Br)cc2c1C. The molecule has 0 saturated heterocycles. The molecule has 0 bridgehead atoms. The molecule has 0 aliphatic heterocycles. The van der Waals surface area contributed by atoms with Crippen molar-refractivity contribution in [1.82, 2.24) is 4.31 Å². The molecule has 0 radical (unpaired) electrons. The zero-order chi connectivity index (χ0) is 25.0. The number of nitrogens with zero attached hydrogens (tertiary/aromatic N) is 1. The van der Waals surface area contributed by atoms with Gasteiger partial charge in [0.1, 0.15) is 5.58 Å². The van der Waals surface area contributed by atoms with Crippen molar-refractivity contribution in [2.24, 2.45) is 0 Å². The molecular formula is C27H26BrNO5S. The molecule has 4 aromatic rings. The van der Waals surface area contributed by atoms with Crippen molar-refractivity contribution < 1.29 is 22.4 Å². The number of aryl methyl sites for hydroxylation is 1. The number of rotatable bonds is 9. The molecule has 3 aromatic carbocycles. The fourth-order valence-electron chi connectivity index (χ4n) is 3.90. The van der Waals surface area contributed by atoms with Crippen molar-refractivity contribution in [2.45, 2.75) is 31.7 Å². The average molecular weight is 556 g/mol. The molecule has 0 N–H and O–H groups in total. The van der Waals surface area contributed by atoms with Gasteiger partial charge in [-0.05, 0) is 55.7 Å². The predicted octanol–water partition coefficient (Wildman–Crippen LogP) is 6.11. The Balaban J connectivity index is 1.71. The van der Waals surface area contributed by atoms with E-state index in [1.54, 1.807) is 26.0 Å². The van der Waals surface area contributed by atoms with E-state index in [-0.39, 0.29) is 23.8 Å². The summed E-state index contributed by atoms with van der Waals surface area (Å²) >= 11 is 3.54. The van der Waals surface area contributed by atoms with Gasteiger partial charge in [0.15, 0.2) is 0 Å². The maximum atomic E-state index is 13.9. The molecule has 182 valence electrons. The van der Waals surface area contributed by atoms with E-state index in [0.717, 1.165) is 15.6 Å². The molecule has 0 unspecified atom stereocenters. The van der Waals surface area contributed by atoms with E-state index in [1.807, 2.05) is 54.6 Å². The molecular weight excluding hydrogens is 530 g/mol. The van der Waals surface area contributed by atoms with Gasteiger partial charge in [-0.1, -0.05) is 64.5 Å². The van der Waals surface area contributed by atoms with Crippen molar-refractivity contribution in [3.63, 3.8) is 0 Å². The Bertz CT molecular complexity index is 1450. The highest BCUT2D eigenvalue weighted by Crippen LogP contribution is 2.30. The van der Waals surface area contributed by atoms with Gasteiger partial charge in [0.05, 0.1) is 11.5 Å². The maximum Gasteiger partial charge on any atom is 0.374 e. The Labute approximate surface area is 213 Å². The Morgan fingerprint density at radius 2 is 1.74 bits per heavy atom. The lowest BCUT2D eigenvalue weighted by atomic mass is 10.1. The summed E-state index contributed by atoms with van der Waals surface area (Å²) in [7, 11) is -3.86. The summed E-state index contributed by atoms with van der Waals surface area (Å²) in [5.41, 5.74) is 2.91. The maximum absolute atomic E-state index is 13.9. The van der Waals surface area contributed by atoms with Crippen LogP contribution in [0.25, 0.3) is 11.0 Å². The first kappa shape index (κ1) is 25.2. The van der Waals surface area contributed by atoms with Crippen LogP contribution in [0.5, 0.6) is 0 Å². The van der Waals surface area contributed by atoms with E-state index in [0.29, 0.717) is 29.5 Å². The highest BCUT2D eigenvalue weighted by atomic mass is 79.9. The van der Waals surface area contributed by atoms with Crippen LogP contribution in [0, 0.1) is 6.92 Å². The van der Waals surface area contributed by atoms with Crippen molar-refractivity contribution in [3.05, 3.63) is 99.7 Å². The molecule has 0 spiro atoms. The highest BCUT2D eigenvalue weighted by Gasteiger charge is 2.27. The highest BCUT2D eigenvalue weighted by molar-refractivity contribution is 9.10. The second-order valence-corrected chi connectivity index (χ2v) is 10.9. The Morgan fingerprint density at radius 1 is 1.03 bits per heavy atom. The molecule has 0 atom stereocenters. The molecule has 1 heterocycles. The first-order valence-corrected chi connectivity index (χ1v) is 13.5. The van der Waals surface area contributed by atoms with Gasteiger partial charge in [-0.15, -0.1) is 0 Å². The van der Waals surface area contributed by atoms with Crippen LogP contribution in [0.15, 0.2) is 86.6 Å². The summed E-state index contributed by atoms with van der Waals surface area (Å²) in [6.07, 6.45) is 0.574. The smallest absolute Gasteiger partial charge is 0.374 e. The van der Waals surface area contributed by atoms with E-state index < -0.39 is 16.0 Å².